The van der Waals surface area contributed by atoms with Gasteiger partial charge in [-0.25, -0.2) is 17.8 Å². The van der Waals surface area contributed by atoms with Crippen LogP contribution >= 0.6 is 11.3 Å². The van der Waals surface area contributed by atoms with Gasteiger partial charge in [0.1, 0.15) is 10.8 Å². The average Bonchev–Trinajstić information content (AvgIpc) is 3.06. The Labute approximate surface area is 149 Å². The van der Waals surface area contributed by atoms with Crippen molar-refractivity contribution in [2.75, 3.05) is 6.54 Å². The van der Waals surface area contributed by atoms with Crippen molar-refractivity contribution >= 4 is 21.4 Å². The first-order valence-electron chi connectivity index (χ1n) is 7.84. The number of halogens is 1. The molecule has 0 unspecified atom stereocenters. The summed E-state index contributed by atoms with van der Waals surface area (Å²) < 4.78 is 40.3. The van der Waals surface area contributed by atoms with Crippen LogP contribution in [0.1, 0.15) is 18.0 Å². The van der Waals surface area contributed by atoms with Crippen LogP contribution in [0.5, 0.6) is 0 Å². The zero-order valence-electron chi connectivity index (χ0n) is 13.2. The first-order chi connectivity index (χ1) is 12.1. The van der Waals surface area contributed by atoms with Crippen LogP contribution in [0.3, 0.4) is 0 Å². The Balaban J connectivity index is 1.62. The van der Waals surface area contributed by atoms with Crippen LogP contribution in [0.2, 0.25) is 0 Å². The van der Waals surface area contributed by atoms with Crippen LogP contribution < -0.4 is 0 Å². The van der Waals surface area contributed by atoms with Crippen molar-refractivity contribution in [1.29, 1.82) is 0 Å². The number of benzene rings is 2. The van der Waals surface area contributed by atoms with Crippen molar-refractivity contribution in [3.63, 3.8) is 0 Å². The topological polar surface area (TPSA) is 50.3 Å². The molecular weight excluding hydrogens is 359 g/mol. The molecule has 0 radical (unpaired) electrons. The molecule has 1 aromatic heterocycles. The van der Waals surface area contributed by atoms with Gasteiger partial charge >= 0.3 is 0 Å². The molecule has 0 N–H and O–H groups in total. The van der Waals surface area contributed by atoms with Gasteiger partial charge < -0.3 is 0 Å². The zero-order valence-corrected chi connectivity index (χ0v) is 14.8. The summed E-state index contributed by atoms with van der Waals surface area (Å²) >= 11 is 1.25. The summed E-state index contributed by atoms with van der Waals surface area (Å²) in [6.07, 6.45) is 0.804. The lowest BCUT2D eigenvalue weighted by molar-refractivity contribution is 0.201. The van der Waals surface area contributed by atoms with E-state index in [0.29, 0.717) is 17.1 Å². The van der Waals surface area contributed by atoms with Gasteiger partial charge in [0.2, 0.25) is 0 Å². The fourth-order valence-corrected chi connectivity index (χ4v) is 5.61. The minimum Gasteiger partial charge on any atom is -0.223 e. The van der Waals surface area contributed by atoms with Gasteiger partial charge in [0, 0.05) is 17.5 Å². The molecule has 1 saturated heterocycles. The summed E-state index contributed by atoms with van der Waals surface area (Å²) in [5.41, 5.74) is 1.70. The Hall–Kier alpha value is -2.09. The van der Waals surface area contributed by atoms with E-state index in [9.17, 15) is 12.8 Å². The molecule has 4 nitrogen and oxygen atoms in total. The highest BCUT2D eigenvalue weighted by atomic mass is 32.2. The smallest absolute Gasteiger partial charge is 0.223 e. The number of thiazole rings is 1. The molecule has 4 rings (SSSR count). The van der Waals surface area contributed by atoms with Crippen LogP contribution in [-0.2, 0) is 10.0 Å². The fraction of sp³-hybridized carbons (Fsp3) is 0.167. The minimum absolute atomic E-state index is 0.0532. The van der Waals surface area contributed by atoms with E-state index in [1.54, 1.807) is 17.5 Å². The highest BCUT2D eigenvalue weighted by Gasteiger charge is 2.40. The Bertz CT molecular complexity index is 985. The van der Waals surface area contributed by atoms with Gasteiger partial charge in [-0.2, -0.15) is 4.31 Å². The number of hydrogen-bond acceptors (Lipinski definition) is 4. The molecule has 7 heteroatoms. The van der Waals surface area contributed by atoms with Gasteiger partial charge in [-0.1, -0.05) is 30.3 Å². The summed E-state index contributed by atoms with van der Waals surface area (Å²) in [6.45, 7) is 0.491. The molecule has 1 fully saturated rings. The van der Waals surface area contributed by atoms with Crippen molar-refractivity contribution in [1.82, 2.24) is 9.29 Å². The lowest BCUT2D eigenvalue weighted by atomic mass is 9.98. The molecule has 0 saturated carbocycles. The van der Waals surface area contributed by atoms with E-state index in [-0.39, 0.29) is 16.9 Å². The number of hydrogen-bond donors (Lipinski definition) is 0. The summed E-state index contributed by atoms with van der Waals surface area (Å²) in [7, 11) is -3.64. The minimum atomic E-state index is -3.64. The third-order valence-corrected chi connectivity index (χ3v) is 7.13. The van der Waals surface area contributed by atoms with Crippen molar-refractivity contribution in [3.8, 4) is 10.6 Å². The van der Waals surface area contributed by atoms with Gasteiger partial charge in [-0.15, -0.1) is 11.3 Å². The van der Waals surface area contributed by atoms with Crippen LogP contribution in [0, 0.1) is 5.82 Å². The second-order valence-electron chi connectivity index (χ2n) is 5.83. The predicted octanol–water partition coefficient (Wildman–Crippen LogP) is 4.08. The summed E-state index contributed by atoms with van der Waals surface area (Å²) in [6, 6.07) is 15.4. The molecule has 25 heavy (non-hydrogen) atoms. The molecule has 2 aromatic carbocycles. The maximum atomic E-state index is 13.0. The first-order valence-corrected chi connectivity index (χ1v) is 10.2. The number of aromatic nitrogens is 1. The largest absolute Gasteiger partial charge is 0.261 e. The summed E-state index contributed by atoms with van der Waals surface area (Å²) in [4.78, 5) is 4.28. The van der Waals surface area contributed by atoms with Crippen LogP contribution in [-0.4, -0.2) is 24.3 Å². The summed E-state index contributed by atoms with van der Waals surface area (Å²) in [5.74, 6) is -0.334. The van der Waals surface area contributed by atoms with E-state index in [0.717, 1.165) is 12.0 Å². The highest BCUT2D eigenvalue weighted by Crippen LogP contribution is 2.38. The van der Waals surface area contributed by atoms with E-state index in [1.807, 2.05) is 30.3 Å². The average molecular weight is 374 g/mol. The number of sulfonamides is 1. The molecule has 1 aliphatic heterocycles. The van der Waals surface area contributed by atoms with E-state index in [1.165, 1.54) is 27.8 Å². The predicted molar refractivity (Wildman–Crippen MR) is 95.2 cm³/mol. The molecule has 1 aliphatic rings. The maximum absolute atomic E-state index is 13.0. The van der Waals surface area contributed by atoms with Gasteiger partial charge in [0.15, 0.2) is 5.03 Å². The van der Waals surface area contributed by atoms with Crippen LogP contribution in [0.4, 0.5) is 4.39 Å². The van der Waals surface area contributed by atoms with Gasteiger partial charge in [0.25, 0.3) is 10.0 Å². The second-order valence-corrected chi connectivity index (χ2v) is 8.52. The standard InChI is InChI=1S/C18H15FN2O2S2/c19-15-8-6-14(7-9-15)18-20-17(12-24-18)25(22,23)21-11-10-16(21)13-4-2-1-3-5-13/h1-9,12,16H,10-11H2/t16-/m0/s1. The molecule has 1 atom stereocenters. The van der Waals surface area contributed by atoms with E-state index in [2.05, 4.69) is 4.98 Å². The van der Waals surface area contributed by atoms with Gasteiger partial charge in [0.05, 0.1) is 6.04 Å². The molecule has 2 heterocycles. The zero-order chi connectivity index (χ0) is 17.4. The third-order valence-electron chi connectivity index (χ3n) is 4.30. The van der Waals surface area contributed by atoms with Crippen molar-refractivity contribution < 1.29 is 12.8 Å². The molecule has 3 aromatic rings. The Morgan fingerprint density at radius 2 is 1.80 bits per heavy atom. The second kappa shape index (κ2) is 6.33. The Morgan fingerprint density at radius 3 is 2.44 bits per heavy atom. The van der Waals surface area contributed by atoms with Crippen LogP contribution in [0.15, 0.2) is 65.0 Å². The quantitative estimate of drug-likeness (QED) is 0.691. The number of rotatable bonds is 4. The molecular formula is C18H15FN2O2S2. The Kier molecular flexibility index (Phi) is 4.15. The monoisotopic (exact) mass is 374 g/mol. The van der Waals surface area contributed by atoms with Crippen LogP contribution in [0.25, 0.3) is 10.6 Å². The molecule has 0 spiro atoms. The van der Waals surface area contributed by atoms with Gasteiger partial charge in [-0.3, -0.25) is 0 Å². The number of nitrogens with zero attached hydrogens (tertiary/aromatic N) is 2. The normalized spacial score (nSPS) is 18.0. The van der Waals surface area contributed by atoms with Crippen molar-refractivity contribution in [3.05, 3.63) is 71.4 Å². The first kappa shape index (κ1) is 16.4. The van der Waals surface area contributed by atoms with E-state index >= 15 is 0 Å². The fourth-order valence-electron chi connectivity index (χ4n) is 2.88. The Morgan fingerprint density at radius 1 is 1.08 bits per heavy atom. The SMILES string of the molecule is O=S(=O)(c1csc(-c2ccc(F)cc2)n1)N1CC[C@H]1c1ccccc1. The summed E-state index contributed by atoms with van der Waals surface area (Å²) in [5, 5.41) is 2.17. The molecule has 0 amide bonds. The van der Waals surface area contributed by atoms with E-state index in [4.69, 9.17) is 0 Å². The van der Waals surface area contributed by atoms with Gasteiger partial charge in [-0.05, 0) is 36.2 Å². The lowest BCUT2D eigenvalue weighted by Gasteiger charge is -2.39. The molecule has 0 bridgehead atoms. The maximum Gasteiger partial charge on any atom is 0.261 e. The van der Waals surface area contributed by atoms with Crippen molar-refractivity contribution in [2.45, 2.75) is 17.5 Å². The molecule has 128 valence electrons. The van der Waals surface area contributed by atoms with Crippen molar-refractivity contribution in [2.24, 2.45) is 0 Å². The third kappa shape index (κ3) is 2.99. The molecule has 0 aliphatic carbocycles. The lowest BCUT2D eigenvalue weighted by Crippen LogP contribution is -2.45. The van der Waals surface area contributed by atoms with E-state index < -0.39 is 10.0 Å². The highest BCUT2D eigenvalue weighted by molar-refractivity contribution is 7.89.